The highest BCUT2D eigenvalue weighted by Crippen LogP contribution is 2.33. The Morgan fingerprint density at radius 3 is 2.43 bits per heavy atom. The number of fused-ring (bicyclic) bond motifs is 1. The lowest BCUT2D eigenvalue weighted by atomic mass is 9.94. The molecule has 1 unspecified atom stereocenters. The quantitative estimate of drug-likeness (QED) is 0.360. The molecule has 3 aliphatic rings. The predicted molar refractivity (Wildman–Crippen MR) is 134 cm³/mol. The molecule has 0 radical (unpaired) electrons. The molecule has 7 heteroatoms. The largest absolute Gasteiger partial charge is 0.379 e. The van der Waals surface area contributed by atoms with Crippen LogP contribution < -0.4 is 5.32 Å². The summed E-state index contributed by atoms with van der Waals surface area (Å²) in [7, 11) is 6.35. The number of halogens is 1. The number of hydrogen-bond donors (Lipinski definition) is 1. The molecule has 2 saturated heterocycles. The standard InChI is InChI=1S/C23H37N5O.HI/c1-24-22(28-9-8-19(17-28)16-27-10-12-29-13-11-27)25-18-23(26(2)3)14-20-6-4-5-7-21(20)15-23;/h4-7,19H,8-18H2,1-3H3,(H,24,25);1H. The first kappa shape index (κ1) is 23.8. The number of ether oxygens (including phenoxy) is 1. The fraction of sp³-hybridized carbons (Fsp3) is 0.696. The number of nitrogens with zero attached hydrogens (tertiary/aromatic N) is 4. The van der Waals surface area contributed by atoms with E-state index < -0.39 is 0 Å². The second kappa shape index (κ2) is 10.6. The second-order valence-corrected chi connectivity index (χ2v) is 9.16. The van der Waals surface area contributed by atoms with Crippen LogP contribution in [0.3, 0.4) is 0 Å². The van der Waals surface area contributed by atoms with Crippen LogP contribution in [0.4, 0.5) is 0 Å². The van der Waals surface area contributed by atoms with E-state index in [1.54, 1.807) is 0 Å². The molecule has 1 aromatic carbocycles. The molecule has 2 fully saturated rings. The van der Waals surface area contributed by atoms with Gasteiger partial charge in [-0.2, -0.15) is 0 Å². The van der Waals surface area contributed by atoms with Crippen molar-refractivity contribution in [1.82, 2.24) is 20.0 Å². The maximum Gasteiger partial charge on any atom is 0.193 e. The predicted octanol–water partition coefficient (Wildman–Crippen LogP) is 1.93. The molecule has 1 aromatic rings. The van der Waals surface area contributed by atoms with Gasteiger partial charge in [-0.3, -0.25) is 9.89 Å². The van der Waals surface area contributed by atoms with Crippen molar-refractivity contribution in [2.75, 3.05) is 73.6 Å². The summed E-state index contributed by atoms with van der Waals surface area (Å²) >= 11 is 0. The third-order valence-electron chi connectivity index (χ3n) is 7.10. The van der Waals surface area contributed by atoms with Gasteiger partial charge in [0.25, 0.3) is 0 Å². The van der Waals surface area contributed by atoms with Crippen molar-refractivity contribution in [1.29, 1.82) is 0 Å². The first-order chi connectivity index (χ1) is 14.1. The lowest BCUT2D eigenvalue weighted by Crippen LogP contribution is -2.55. The van der Waals surface area contributed by atoms with Crippen molar-refractivity contribution in [3.05, 3.63) is 35.4 Å². The Bertz CT molecular complexity index is 694. The molecule has 0 spiro atoms. The molecule has 2 heterocycles. The van der Waals surface area contributed by atoms with Gasteiger partial charge < -0.3 is 19.9 Å². The number of aliphatic imine (C=N–C) groups is 1. The third-order valence-corrected chi connectivity index (χ3v) is 7.10. The monoisotopic (exact) mass is 527 g/mol. The molecule has 0 amide bonds. The minimum absolute atomic E-state index is 0. The molecule has 6 nitrogen and oxygen atoms in total. The van der Waals surface area contributed by atoms with Gasteiger partial charge >= 0.3 is 0 Å². The fourth-order valence-corrected chi connectivity index (χ4v) is 5.17. The smallest absolute Gasteiger partial charge is 0.193 e. The molecule has 0 saturated carbocycles. The van der Waals surface area contributed by atoms with E-state index in [0.29, 0.717) is 0 Å². The summed E-state index contributed by atoms with van der Waals surface area (Å²) in [6.45, 7) is 8.24. The van der Waals surface area contributed by atoms with E-state index >= 15 is 0 Å². The molecular weight excluding hydrogens is 489 g/mol. The van der Waals surface area contributed by atoms with E-state index in [1.807, 2.05) is 7.05 Å². The van der Waals surface area contributed by atoms with E-state index in [4.69, 9.17) is 4.74 Å². The zero-order chi connectivity index (χ0) is 20.3. The number of guanidine groups is 1. The Labute approximate surface area is 199 Å². The molecule has 0 aromatic heterocycles. The first-order valence-corrected chi connectivity index (χ1v) is 11.1. The molecule has 1 aliphatic carbocycles. The zero-order valence-electron chi connectivity index (χ0n) is 18.8. The van der Waals surface area contributed by atoms with E-state index in [2.05, 4.69) is 63.4 Å². The maximum absolute atomic E-state index is 5.49. The first-order valence-electron chi connectivity index (χ1n) is 11.1. The summed E-state index contributed by atoms with van der Waals surface area (Å²) in [5.74, 6) is 1.79. The Kier molecular flexibility index (Phi) is 8.40. The topological polar surface area (TPSA) is 43.3 Å². The van der Waals surface area contributed by atoms with Gasteiger partial charge in [-0.15, -0.1) is 24.0 Å². The lowest BCUT2D eigenvalue weighted by Gasteiger charge is -2.37. The minimum Gasteiger partial charge on any atom is -0.379 e. The Hall–Kier alpha value is -0.900. The van der Waals surface area contributed by atoms with Gasteiger partial charge in [0.15, 0.2) is 5.96 Å². The maximum atomic E-state index is 5.49. The van der Waals surface area contributed by atoms with E-state index in [9.17, 15) is 0 Å². The summed E-state index contributed by atoms with van der Waals surface area (Å²) in [4.78, 5) is 12.0. The van der Waals surface area contributed by atoms with Gasteiger partial charge in [-0.1, -0.05) is 24.3 Å². The lowest BCUT2D eigenvalue weighted by molar-refractivity contribution is 0.0315. The van der Waals surface area contributed by atoms with Gasteiger partial charge in [-0.05, 0) is 50.4 Å². The van der Waals surface area contributed by atoms with Crippen molar-refractivity contribution < 1.29 is 4.74 Å². The van der Waals surface area contributed by atoms with Crippen LogP contribution in [0.25, 0.3) is 0 Å². The molecule has 1 N–H and O–H groups in total. The molecule has 4 rings (SSSR count). The SMILES string of the molecule is CN=C(NCC1(N(C)C)Cc2ccccc2C1)N1CCC(CN2CCOCC2)C1.I. The van der Waals surface area contributed by atoms with E-state index in [-0.39, 0.29) is 29.5 Å². The second-order valence-electron chi connectivity index (χ2n) is 9.16. The van der Waals surface area contributed by atoms with Crippen molar-refractivity contribution in [3.8, 4) is 0 Å². The highest BCUT2D eigenvalue weighted by molar-refractivity contribution is 14.0. The van der Waals surface area contributed by atoms with Crippen LogP contribution in [-0.2, 0) is 17.6 Å². The van der Waals surface area contributed by atoms with Crippen LogP contribution in [-0.4, -0.2) is 99.8 Å². The van der Waals surface area contributed by atoms with Crippen LogP contribution >= 0.6 is 24.0 Å². The zero-order valence-corrected chi connectivity index (χ0v) is 21.1. The average Bonchev–Trinajstić information content (AvgIpc) is 3.34. The van der Waals surface area contributed by atoms with Crippen molar-refractivity contribution >= 4 is 29.9 Å². The number of likely N-dealkylation sites (N-methyl/N-ethyl adjacent to an activating group) is 1. The molecular formula is C23H38IN5O. The number of morpholine rings is 1. The van der Waals surface area contributed by atoms with Crippen molar-refractivity contribution in [2.24, 2.45) is 10.9 Å². The minimum atomic E-state index is 0. The Balaban J connectivity index is 0.00000256. The summed E-state index contributed by atoms with van der Waals surface area (Å²) in [5.41, 5.74) is 3.10. The molecule has 30 heavy (non-hydrogen) atoms. The van der Waals surface area contributed by atoms with Gasteiger partial charge in [0, 0.05) is 51.9 Å². The highest BCUT2D eigenvalue weighted by atomic mass is 127. The number of rotatable bonds is 5. The Morgan fingerprint density at radius 1 is 1.17 bits per heavy atom. The number of likely N-dealkylation sites (tertiary alicyclic amines) is 1. The van der Waals surface area contributed by atoms with Crippen LogP contribution in [0.5, 0.6) is 0 Å². The normalized spacial score (nSPS) is 24.1. The van der Waals surface area contributed by atoms with E-state index in [0.717, 1.165) is 70.7 Å². The van der Waals surface area contributed by atoms with Gasteiger partial charge in [0.1, 0.15) is 0 Å². The van der Waals surface area contributed by atoms with Crippen molar-refractivity contribution in [2.45, 2.75) is 24.8 Å². The van der Waals surface area contributed by atoms with Crippen LogP contribution in [0.15, 0.2) is 29.3 Å². The molecule has 0 bridgehead atoms. The Morgan fingerprint density at radius 2 is 1.83 bits per heavy atom. The molecule has 2 aliphatic heterocycles. The molecule has 1 atom stereocenters. The van der Waals surface area contributed by atoms with Crippen LogP contribution in [0.2, 0.25) is 0 Å². The summed E-state index contributed by atoms with van der Waals surface area (Å²) in [5, 5.41) is 3.74. The van der Waals surface area contributed by atoms with Gasteiger partial charge in [0.2, 0.25) is 0 Å². The van der Waals surface area contributed by atoms with E-state index in [1.165, 1.54) is 24.1 Å². The van der Waals surface area contributed by atoms with Gasteiger partial charge in [0.05, 0.1) is 13.2 Å². The average molecular weight is 527 g/mol. The van der Waals surface area contributed by atoms with Crippen LogP contribution in [0.1, 0.15) is 17.5 Å². The van der Waals surface area contributed by atoms with Crippen LogP contribution in [0, 0.1) is 5.92 Å². The highest BCUT2D eigenvalue weighted by Gasteiger charge is 2.39. The third kappa shape index (κ3) is 5.29. The summed E-state index contributed by atoms with van der Waals surface area (Å²) < 4.78 is 5.49. The number of benzene rings is 1. The number of hydrogen-bond acceptors (Lipinski definition) is 4. The fourth-order valence-electron chi connectivity index (χ4n) is 5.17. The number of nitrogens with one attached hydrogen (secondary N) is 1. The summed E-state index contributed by atoms with van der Waals surface area (Å²) in [6.07, 6.45) is 3.45. The molecule has 168 valence electrons. The summed E-state index contributed by atoms with van der Waals surface area (Å²) in [6, 6.07) is 8.89. The van der Waals surface area contributed by atoms with Gasteiger partial charge in [-0.25, -0.2) is 0 Å². The van der Waals surface area contributed by atoms with Crippen molar-refractivity contribution in [3.63, 3.8) is 0 Å².